The summed E-state index contributed by atoms with van der Waals surface area (Å²) in [4.78, 5) is 4.38. The van der Waals surface area contributed by atoms with Gasteiger partial charge in [-0.2, -0.15) is 5.26 Å². The lowest BCUT2D eigenvalue weighted by molar-refractivity contribution is 0.609. The van der Waals surface area contributed by atoms with Crippen LogP contribution in [0.4, 0.5) is 4.39 Å². The van der Waals surface area contributed by atoms with Gasteiger partial charge in [0.15, 0.2) is 5.96 Å². The van der Waals surface area contributed by atoms with E-state index in [2.05, 4.69) is 20.2 Å². The molecule has 0 spiro atoms. The van der Waals surface area contributed by atoms with E-state index in [1.165, 1.54) is 6.07 Å². The van der Waals surface area contributed by atoms with Gasteiger partial charge in [-0.1, -0.05) is 6.07 Å². The second kappa shape index (κ2) is 10.6. The highest BCUT2D eigenvalue weighted by molar-refractivity contribution is 14.0. The largest absolute Gasteiger partial charge is 0.357 e. The van der Waals surface area contributed by atoms with Crippen molar-refractivity contribution in [3.8, 4) is 6.07 Å². The molecule has 1 aromatic carbocycles. The maximum absolute atomic E-state index is 13.8. The fraction of sp³-hybridized carbons (Fsp3) is 0.294. The summed E-state index contributed by atoms with van der Waals surface area (Å²) in [6.45, 7) is 4.46. The molecule has 0 aliphatic carbocycles. The van der Waals surface area contributed by atoms with E-state index in [0.29, 0.717) is 17.1 Å². The molecule has 0 saturated heterocycles. The molecule has 24 heavy (non-hydrogen) atoms. The Morgan fingerprint density at radius 1 is 1.29 bits per heavy atom. The number of aromatic nitrogens is 1. The molecule has 0 amide bonds. The first-order chi connectivity index (χ1) is 11.2. The molecule has 0 bridgehead atoms. The standard InChI is InChI=1S/C17H20FN5.HI/c1-2-20-17(21-7-10-23-8-3-4-9-23)22-13-15-6-5-14(12-19)11-16(15)18;/h3-6,8-9,11H,2,7,10,13H2,1H3,(H2,20,21,22);1H. The summed E-state index contributed by atoms with van der Waals surface area (Å²) in [7, 11) is 0. The predicted octanol–water partition coefficient (Wildman–Crippen LogP) is 2.87. The minimum atomic E-state index is -0.406. The Balaban J connectivity index is 0.00000288. The Hall–Kier alpha value is -2.08. The van der Waals surface area contributed by atoms with Gasteiger partial charge >= 0.3 is 0 Å². The summed E-state index contributed by atoms with van der Waals surface area (Å²) in [5, 5.41) is 15.1. The van der Waals surface area contributed by atoms with Gasteiger partial charge in [-0.3, -0.25) is 0 Å². The molecule has 2 aromatic rings. The average molecular weight is 441 g/mol. The Kier molecular flexibility index (Phi) is 8.86. The predicted molar refractivity (Wildman–Crippen MR) is 104 cm³/mol. The fourth-order valence-corrected chi connectivity index (χ4v) is 2.07. The van der Waals surface area contributed by atoms with Gasteiger partial charge < -0.3 is 15.2 Å². The maximum Gasteiger partial charge on any atom is 0.191 e. The lowest BCUT2D eigenvalue weighted by atomic mass is 10.1. The van der Waals surface area contributed by atoms with Gasteiger partial charge in [-0.05, 0) is 31.2 Å². The molecule has 0 aliphatic heterocycles. The second-order valence-corrected chi connectivity index (χ2v) is 4.96. The molecule has 0 unspecified atom stereocenters. The molecule has 1 aromatic heterocycles. The Morgan fingerprint density at radius 3 is 2.67 bits per heavy atom. The number of benzene rings is 1. The second-order valence-electron chi connectivity index (χ2n) is 4.96. The number of aliphatic imine (C=N–C) groups is 1. The molecule has 0 aliphatic rings. The number of nitriles is 1. The Labute approximate surface area is 158 Å². The zero-order valence-electron chi connectivity index (χ0n) is 13.5. The lowest BCUT2D eigenvalue weighted by Crippen LogP contribution is -2.38. The van der Waals surface area contributed by atoms with Crippen LogP contribution in [0.5, 0.6) is 0 Å². The van der Waals surface area contributed by atoms with Crippen LogP contribution < -0.4 is 10.6 Å². The third kappa shape index (κ3) is 6.20. The molecular formula is C17H21FIN5. The first-order valence-electron chi connectivity index (χ1n) is 7.54. The number of nitrogens with zero attached hydrogens (tertiary/aromatic N) is 3. The van der Waals surface area contributed by atoms with Crippen molar-refractivity contribution in [3.63, 3.8) is 0 Å². The molecule has 0 saturated carbocycles. The van der Waals surface area contributed by atoms with E-state index in [1.54, 1.807) is 12.1 Å². The molecule has 7 heteroatoms. The van der Waals surface area contributed by atoms with Crippen LogP contribution in [-0.4, -0.2) is 23.6 Å². The first kappa shape index (κ1) is 20.0. The summed E-state index contributed by atoms with van der Waals surface area (Å²) in [6.07, 6.45) is 4.00. The van der Waals surface area contributed by atoms with Crippen LogP contribution in [0.3, 0.4) is 0 Å². The van der Waals surface area contributed by atoms with Crippen molar-refractivity contribution in [2.75, 3.05) is 13.1 Å². The molecule has 1 heterocycles. The van der Waals surface area contributed by atoms with Crippen LogP contribution in [0.25, 0.3) is 0 Å². The summed E-state index contributed by atoms with van der Waals surface area (Å²) in [6, 6.07) is 10.3. The van der Waals surface area contributed by atoms with Gasteiger partial charge in [-0.25, -0.2) is 9.38 Å². The van der Waals surface area contributed by atoms with Crippen LogP contribution >= 0.6 is 24.0 Å². The normalized spacial score (nSPS) is 10.6. The molecular weight excluding hydrogens is 420 g/mol. The summed E-state index contributed by atoms with van der Waals surface area (Å²) >= 11 is 0. The lowest BCUT2D eigenvalue weighted by Gasteiger charge is -2.12. The SMILES string of the molecule is CCNC(=NCc1ccc(C#N)cc1F)NCCn1cccc1.I. The zero-order valence-corrected chi connectivity index (χ0v) is 15.8. The number of rotatable bonds is 6. The third-order valence-electron chi connectivity index (χ3n) is 3.26. The van der Waals surface area contributed by atoms with Crippen molar-refractivity contribution in [3.05, 3.63) is 59.7 Å². The number of hydrogen-bond donors (Lipinski definition) is 2. The van der Waals surface area contributed by atoms with Crippen molar-refractivity contribution in [2.45, 2.75) is 20.0 Å². The van der Waals surface area contributed by atoms with Crippen LogP contribution in [0.1, 0.15) is 18.1 Å². The van der Waals surface area contributed by atoms with E-state index in [1.807, 2.05) is 37.5 Å². The molecule has 0 fully saturated rings. The van der Waals surface area contributed by atoms with Crippen molar-refractivity contribution in [1.82, 2.24) is 15.2 Å². The summed E-state index contributed by atoms with van der Waals surface area (Å²) < 4.78 is 15.9. The Bertz CT molecular complexity index is 692. The van der Waals surface area contributed by atoms with Crippen LogP contribution in [-0.2, 0) is 13.1 Å². The average Bonchev–Trinajstić information content (AvgIpc) is 3.06. The molecule has 0 radical (unpaired) electrons. The monoisotopic (exact) mass is 441 g/mol. The zero-order chi connectivity index (χ0) is 16.5. The number of hydrogen-bond acceptors (Lipinski definition) is 2. The van der Waals surface area contributed by atoms with Gasteiger partial charge in [0.25, 0.3) is 0 Å². The summed E-state index contributed by atoms with van der Waals surface area (Å²) in [5.41, 5.74) is 0.776. The topological polar surface area (TPSA) is 65.1 Å². The highest BCUT2D eigenvalue weighted by Gasteiger charge is 2.04. The van der Waals surface area contributed by atoms with Crippen LogP contribution in [0, 0.1) is 17.1 Å². The molecule has 128 valence electrons. The van der Waals surface area contributed by atoms with Crippen molar-refractivity contribution < 1.29 is 4.39 Å². The highest BCUT2D eigenvalue weighted by Crippen LogP contribution is 2.10. The van der Waals surface area contributed by atoms with E-state index < -0.39 is 5.82 Å². The molecule has 5 nitrogen and oxygen atoms in total. The van der Waals surface area contributed by atoms with Crippen LogP contribution in [0.2, 0.25) is 0 Å². The first-order valence-corrected chi connectivity index (χ1v) is 7.54. The van der Waals surface area contributed by atoms with E-state index in [0.717, 1.165) is 19.6 Å². The number of nitrogens with one attached hydrogen (secondary N) is 2. The van der Waals surface area contributed by atoms with E-state index in [9.17, 15) is 4.39 Å². The van der Waals surface area contributed by atoms with Crippen molar-refractivity contribution in [2.24, 2.45) is 4.99 Å². The number of halogens is 2. The van der Waals surface area contributed by atoms with Gasteiger partial charge in [0.1, 0.15) is 5.82 Å². The van der Waals surface area contributed by atoms with Gasteiger partial charge in [0, 0.05) is 37.6 Å². The third-order valence-corrected chi connectivity index (χ3v) is 3.26. The van der Waals surface area contributed by atoms with E-state index in [4.69, 9.17) is 5.26 Å². The highest BCUT2D eigenvalue weighted by atomic mass is 127. The van der Waals surface area contributed by atoms with E-state index >= 15 is 0 Å². The van der Waals surface area contributed by atoms with E-state index in [-0.39, 0.29) is 30.5 Å². The quantitative estimate of drug-likeness (QED) is 0.412. The van der Waals surface area contributed by atoms with Crippen molar-refractivity contribution >= 4 is 29.9 Å². The summed E-state index contributed by atoms with van der Waals surface area (Å²) in [5.74, 6) is 0.236. The number of guanidine groups is 1. The van der Waals surface area contributed by atoms with Gasteiger partial charge in [-0.15, -0.1) is 24.0 Å². The molecule has 0 atom stereocenters. The minimum absolute atomic E-state index is 0. The fourth-order valence-electron chi connectivity index (χ4n) is 2.07. The van der Waals surface area contributed by atoms with Gasteiger partial charge in [0.2, 0.25) is 0 Å². The maximum atomic E-state index is 13.8. The smallest absolute Gasteiger partial charge is 0.191 e. The molecule has 2 rings (SSSR count). The van der Waals surface area contributed by atoms with Crippen LogP contribution in [0.15, 0.2) is 47.7 Å². The van der Waals surface area contributed by atoms with Gasteiger partial charge in [0.05, 0.1) is 18.2 Å². The Morgan fingerprint density at radius 2 is 2.04 bits per heavy atom. The van der Waals surface area contributed by atoms with Crippen molar-refractivity contribution in [1.29, 1.82) is 5.26 Å². The molecule has 2 N–H and O–H groups in total. The minimum Gasteiger partial charge on any atom is -0.357 e.